The molecule has 0 aliphatic heterocycles. The Morgan fingerprint density at radius 2 is 0.650 bits per heavy atom. The van der Waals surface area contributed by atoms with Gasteiger partial charge in [-0.2, -0.15) is 0 Å². The van der Waals surface area contributed by atoms with Crippen LogP contribution >= 0.6 is 0 Å². The summed E-state index contributed by atoms with van der Waals surface area (Å²) in [7, 11) is 0. The third-order valence-electron chi connectivity index (χ3n) is 3.04. The Morgan fingerprint density at radius 1 is 0.400 bits per heavy atom. The summed E-state index contributed by atoms with van der Waals surface area (Å²) in [6.07, 6.45) is 0. The SMILES string of the molecule is [I-].c1ccc([As+](c2ccccc2)c2ccccc2)cc1. The van der Waals surface area contributed by atoms with E-state index in [-0.39, 0.29) is 24.0 Å². The Hall–Kier alpha value is -1.05. The average Bonchev–Trinajstić information content (AvgIpc) is 2.51. The van der Waals surface area contributed by atoms with Gasteiger partial charge < -0.3 is 24.0 Å². The van der Waals surface area contributed by atoms with Crippen molar-refractivity contribution in [2.24, 2.45) is 0 Å². The first-order valence-corrected chi connectivity index (χ1v) is 9.22. The van der Waals surface area contributed by atoms with Gasteiger partial charge in [-0.15, -0.1) is 0 Å². The second kappa shape index (κ2) is 7.66. The van der Waals surface area contributed by atoms with Crippen LogP contribution in [0.25, 0.3) is 0 Å². The van der Waals surface area contributed by atoms with Crippen LogP contribution in [0, 0.1) is 0 Å². The fourth-order valence-electron chi connectivity index (χ4n) is 2.18. The summed E-state index contributed by atoms with van der Waals surface area (Å²) < 4.78 is 4.44. The van der Waals surface area contributed by atoms with Gasteiger partial charge in [-0.1, -0.05) is 0 Å². The van der Waals surface area contributed by atoms with Gasteiger partial charge in [0.1, 0.15) is 0 Å². The van der Waals surface area contributed by atoms with Crippen LogP contribution in [-0.2, 0) is 0 Å². The van der Waals surface area contributed by atoms with Crippen molar-refractivity contribution in [3.05, 3.63) is 91.0 Å². The zero-order valence-electron chi connectivity index (χ0n) is 11.0. The van der Waals surface area contributed by atoms with Crippen LogP contribution in [-0.4, -0.2) is 14.7 Å². The van der Waals surface area contributed by atoms with E-state index in [1.54, 1.807) is 0 Å². The minimum absolute atomic E-state index is 0. The molecule has 0 fully saturated rings. The predicted molar refractivity (Wildman–Crippen MR) is 84.0 cm³/mol. The third kappa shape index (κ3) is 3.53. The van der Waals surface area contributed by atoms with Crippen molar-refractivity contribution in [3.8, 4) is 0 Å². The van der Waals surface area contributed by atoms with Gasteiger partial charge in [0, 0.05) is 0 Å². The standard InChI is InChI=1S/C18H15As.HI/c1-4-10-16(11-5-1)19(17-12-6-2-7-13-17)18-14-8-3-9-15-18;/h1-15H;1H/q+1;/p-1. The summed E-state index contributed by atoms with van der Waals surface area (Å²) in [5.74, 6) is 0. The van der Waals surface area contributed by atoms with Gasteiger partial charge in [0.25, 0.3) is 0 Å². The minimum atomic E-state index is -1.39. The molecule has 0 aliphatic rings. The molecular weight excluding hydrogens is 418 g/mol. The molecule has 0 aliphatic carbocycles. The number of benzene rings is 3. The topological polar surface area (TPSA) is 0 Å². The van der Waals surface area contributed by atoms with E-state index in [0.29, 0.717) is 0 Å². The van der Waals surface area contributed by atoms with Crippen molar-refractivity contribution >= 4 is 27.7 Å². The van der Waals surface area contributed by atoms with E-state index in [2.05, 4.69) is 91.0 Å². The maximum atomic E-state index is 2.26. The molecule has 0 amide bonds. The van der Waals surface area contributed by atoms with Gasteiger partial charge >= 0.3 is 119 Å². The quantitative estimate of drug-likeness (QED) is 0.376. The zero-order valence-corrected chi connectivity index (χ0v) is 15.0. The second-order valence-electron chi connectivity index (χ2n) is 4.34. The molecule has 0 aromatic heterocycles. The Balaban J connectivity index is 0.00000147. The van der Waals surface area contributed by atoms with Crippen molar-refractivity contribution in [2.45, 2.75) is 0 Å². The number of hydrogen-bond acceptors (Lipinski definition) is 0. The number of rotatable bonds is 3. The summed E-state index contributed by atoms with van der Waals surface area (Å²) in [4.78, 5) is 0. The Labute approximate surface area is 142 Å². The Kier molecular flexibility index (Phi) is 5.87. The van der Waals surface area contributed by atoms with E-state index in [0.717, 1.165) is 0 Å². The first kappa shape index (κ1) is 15.3. The molecule has 1 radical (unpaired) electrons. The molecule has 99 valence electrons. The summed E-state index contributed by atoms with van der Waals surface area (Å²) in [5, 5.41) is 0. The fraction of sp³-hybridized carbons (Fsp3) is 0. The van der Waals surface area contributed by atoms with Crippen LogP contribution in [0.2, 0.25) is 0 Å². The molecule has 0 heterocycles. The molecule has 0 atom stereocenters. The molecule has 0 spiro atoms. The monoisotopic (exact) mass is 433 g/mol. The summed E-state index contributed by atoms with van der Waals surface area (Å²) in [6.45, 7) is 0. The molecule has 0 saturated heterocycles. The summed E-state index contributed by atoms with van der Waals surface area (Å²) >= 11 is -1.39. The van der Waals surface area contributed by atoms with Crippen molar-refractivity contribution in [1.29, 1.82) is 0 Å². The van der Waals surface area contributed by atoms with Gasteiger partial charge in [-0.25, -0.2) is 0 Å². The van der Waals surface area contributed by atoms with Gasteiger partial charge in [0.15, 0.2) is 0 Å². The molecule has 3 rings (SSSR count). The fourth-order valence-corrected chi connectivity index (χ4v) is 7.02. The first-order chi connectivity index (χ1) is 9.45. The molecule has 0 nitrogen and oxygen atoms in total. The number of halogens is 1. The maximum absolute atomic E-state index is 2.26. The Morgan fingerprint density at radius 3 is 0.900 bits per heavy atom. The average molecular weight is 433 g/mol. The molecule has 0 saturated carbocycles. The number of hydrogen-bond donors (Lipinski definition) is 0. The summed E-state index contributed by atoms with van der Waals surface area (Å²) in [5.41, 5.74) is 0. The zero-order chi connectivity index (χ0) is 12.9. The molecule has 0 unspecified atom stereocenters. The predicted octanol–water partition coefficient (Wildman–Crippen LogP) is -0.793. The van der Waals surface area contributed by atoms with E-state index < -0.39 is 14.7 Å². The van der Waals surface area contributed by atoms with Gasteiger partial charge in [-0.3, -0.25) is 0 Å². The van der Waals surface area contributed by atoms with E-state index in [9.17, 15) is 0 Å². The molecule has 0 N–H and O–H groups in total. The van der Waals surface area contributed by atoms with Gasteiger partial charge in [-0.05, 0) is 0 Å². The van der Waals surface area contributed by atoms with E-state index in [4.69, 9.17) is 0 Å². The molecule has 3 aromatic rings. The van der Waals surface area contributed by atoms with E-state index >= 15 is 0 Å². The molecule has 3 aromatic carbocycles. The van der Waals surface area contributed by atoms with Crippen LogP contribution in [0.4, 0.5) is 0 Å². The van der Waals surface area contributed by atoms with Crippen LogP contribution in [0.3, 0.4) is 0 Å². The van der Waals surface area contributed by atoms with Gasteiger partial charge in [0.2, 0.25) is 0 Å². The van der Waals surface area contributed by atoms with Gasteiger partial charge in [0.05, 0.1) is 0 Å². The molecule has 20 heavy (non-hydrogen) atoms. The van der Waals surface area contributed by atoms with E-state index in [1.807, 2.05) is 0 Å². The molecule has 2 heteroatoms. The van der Waals surface area contributed by atoms with Crippen molar-refractivity contribution in [3.63, 3.8) is 0 Å². The summed E-state index contributed by atoms with van der Waals surface area (Å²) in [6, 6.07) is 32.7. The van der Waals surface area contributed by atoms with Crippen molar-refractivity contribution < 1.29 is 24.0 Å². The van der Waals surface area contributed by atoms with Crippen LogP contribution < -0.4 is 37.0 Å². The third-order valence-corrected chi connectivity index (χ3v) is 8.17. The van der Waals surface area contributed by atoms with Crippen molar-refractivity contribution in [2.75, 3.05) is 0 Å². The van der Waals surface area contributed by atoms with Crippen LogP contribution in [0.1, 0.15) is 0 Å². The van der Waals surface area contributed by atoms with Crippen LogP contribution in [0.15, 0.2) is 91.0 Å². The molecule has 0 bridgehead atoms. The second-order valence-corrected chi connectivity index (χ2v) is 9.00. The van der Waals surface area contributed by atoms with Crippen LogP contribution in [0.5, 0.6) is 0 Å². The van der Waals surface area contributed by atoms with Crippen molar-refractivity contribution in [1.82, 2.24) is 0 Å². The first-order valence-electron chi connectivity index (χ1n) is 6.40. The van der Waals surface area contributed by atoms with E-state index in [1.165, 1.54) is 13.1 Å². The normalized spacial score (nSPS) is 10.1. The molecular formula is C18H15AsI. The Bertz CT molecular complexity index is 529.